The molecule has 0 bridgehead atoms. The first-order chi connectivity index (χ1) is 20.3. The third-order valence-corrected chi connectivity index (χ3v) is 5.48. The van der Waals surface area contributed by atoms with E-state index in [-0.39, 0.29) is 38.9 Å². The molecular weight excluding hydrogens is 544 g/mol. The Balaban J connectivity index is 1.43. The van der Waals surface area contributed by atoms with Gasteiger partial charge < -0.3 is 18.9 Å². The van der Waals surface area contributed by atoms with Gasteiger partial charge in [-0.3, -0.25) is 19.2 Å². The van der Waals surface area contributed by atoms with Gasteiger partial charge in [0, 0.05) is 37.8 Å². The van der Waals surface area contributed by atoms with E-state index in [0.717, 1.165) is 11.1 Å². The van der Waals surface area contributed by atoms with Crippen LogP contribution in [0.1, 0.15) is 62.5 Å². The number of unbranched alkanes of at least 4 members (excludes halogenated alkanes) is 2. The summed E-state index contributed by atoms with van der Waals surface area (Å²) < 4.78 is 19.4. The molecular formula is C32H34O10. The van der Waals surface area contributed by atoms with Crippen LogP contribution in [0, 0.1) is 0 Å². The van der Waals surface area contributed by atoms with Crippen molar-refractivity contribution in [3.05, 3.63) is 83.9 Å². The second-order valence-electron chi connectivity index (χ2n) is 8.93. The molecule has 10 nitrogen and oxygen atoms in total. The maximum Gasteiger partial charge on any atom is 0.338 e. The molecule has 0 radical (unpaired) electrons. The van der Waals surface area contributed by atoms with Crippen molar-refractivity contribution in [1.29, 1.82) is 0 Å². The summed E-state index contributed by atoms with van der Waals surface area (Å²) in [5, 5.41) is 0. The van der Waals surface area contributed by atoms with E-state index in [1.807, 2.05) is 36.4 Å². The van der Waals surface area contributed by atoms with E-state index in [0.29, 0.717) is 25.7 Å². The smallest absolute Gasteiger partial charge is 0.338 e. The summed E-state index contributed by atoms with van der Waals surface area (Å²) in [6.07, 6.45) is 6.90. The molecule has 0 aliphatic heterocycles. The minimum Gasteiger partial charge on any atom is -0.462 e. The van der Waals surface area contributed by atoms with Gasteiger partial charge in [-0.2, -0.15) is 0 Å². The van der Waals surface area contributed by atoms with E-state index in [9.17, 15) is 28.8 Å². The van der Waals surface area contributed by atoms with Crippen LogP contribution < -0.4 is 0 Å². The fourth-order valence-electron chi connectivity index (χ4n) is 3.38. The maximum absolute atomic E-state index is 11.8. The topological polar surface area (TPSA) is 139 Å². The van der Waals surface area contributed by atoms with Gasteiger partial charge in [-0.25, -0.2) is 9.59 Å². The highest BCUT2D eigenvalue weighted by Gasteiger charge is 2.11. The Morgan fingerprint density at radius 1 is 0.476 bits per heavy atom. The van der Waals surface area contributed by atoms with E-state index < -0.39 is 35.8 Å². The molecule has 2 aromatic carbocycles. The van der Waals surface area contributed by atoms with Gasteiger partial charge in [-0.05, 0) is 49.0 Å². The van der Waals surface area contributed by atoms with Crippen molar-refractivity contribution in [2.24, 2.45) is 0 Å². The summed E-state index contributed by atoms with van der Waals surface area (Å²) in [6.45, 7) is -0.223. The molecule has 0 atom stereocenters. The highest BCUT2D eigenvalue weighted by Crippen LogP contribution is 2.07. The van der Waals surface area contributed by atoms with E-state index in [4.69, 9.17) is 18.9 Å². The molecule has 0 spiro atoms. The number of ether oxygens (including phenoxy) is 4. The van der Waals surface area contributed by atoms with Crippen molar-refractivity contribution in [1.82, 2.24) is 0 Å². The van der Waals surface area contributed by atoms with Crippen molar-refractivity contribution < 1.29 is 47.7 Å². The molecule has 0 unspecified atom stereocenters. The van der Waals surface area contributed by atoms with Gasteiger partial charge in [0.05, 0.1) is 0 Å². The molecule has 222 valence electrons. The van der Waals surface area contributed by atoms with Gasteiger partial charge >= 0.3 is 35.8 Å². The molecule has 0 aromatic heterocycles. The highest BCUT2D eigenvalue weighted by atomic mass is 16.6. The third-order valence-electron chi connectivity index (χ3n) is 5.48. The lowest BCUT2D eigenvalue weighted by Crippen LogP contribution is -2.14. The summed E-state index contributed by atoms with van der Waals surface area (Å²) in [7, 11) is 0. The number of hydrogen-bond donors (Lipinski definition) is 0. The Morgan fingerprint density at radius 3 is 1.17 bits per heavy atom. The Morgan fingerprint density at radius 2 is 0.810 bits per heavy atom. The second kappa shape index (κ2) is 20.1. The van der Waals surface area contributed by atoms with Crippen LogP contribution in [0.15, 0.2) is 72.8 Å². The van der Waals surface area contributed by atoms with E-state index in [1.54, 1.807) is 36.4 Å². The zero-order chi connectivity index (χ0) is 30.4. The molecule has 0 aliphatic rings. The van der Waals surface area contributed by atoms with E-state index in [2.05, 4.69) is 0 Å². The number of carbonyl (C=O) groups excluding carboxylic acids is 6. The Labute approximate surface area is 244 Å². The zero-order valence-electron chi connectivity index (χ0n) is 23.2. The fraction of sp³-hybridized carbons (Fsp3) is 0.312. The van der Waals surface area contributed by atoms with Crippen LogP contribution in [0.5, 0.6) is 0 Å². The lowest BCUT2D eigenvalue weighted by Gasteiger charge is -2.06. The van der Waals surface area contributed by atoms with Crippen molar-refractivity contribution in [2.45, 2.75) is 51.4 Å². The van der Waals surface area contributed by atoms with Crippen molar-refractivity contribution >= 4 is 48.0 Å². The average molecular weight is 579 g/mol. The number of benzene rings is 2. The van der Waals surface area contributed by atoms with Crippen LogP contribution in [-0.2, 0) is 47.7 Å². The van der Waals surface area contributed by atoms with Crippen molar-refractivity contribution in [3.63, 3.8) is 0 Å². The summed E-state index contributed by atoms with van der Waals surface area (Å²) in [5.74, 6) is -3.90. The van der Waals surface area contributed by atoms with Crippen LogP contribution in [0.3, 0.4) is 0 Å². The number of esters is 6. The predicted molar refractivity (Wildman–Crippen MR) is 152 cm³/mol. The normalized spacial score (nSPS) is 10.8. The van der Waals surface area contributed by atoms with Gasteiger partial charge in [-0.1, -0.05) is 60.7 Å². The first-order valence-electron chi connectivity index (χ1n) is 13.6. The second-order valence-corrected chi connectivity index (χ2v) is 8.93. The Hall–Kier alpha value is -4.86. The fourth-order valence-corrected chi connectivity index (χ4v) is 3.38. The molecule has 0 amide bonds. The monoisotopic (exact) mass is 578 g/mol. The largest absolute Gasteiger partial charge is 0.462 e. The summed E-state index contributed by atoms with van der Waals surface area (Å²) in [4.78, 5) is 70.4. The summed E-state index contributed by atoms with van der Waals surface area (Å²) >= 11 is 0. The number of rotatable bonds is 17. The van der Waals surface area contributed by atoms with Gasteiger partial charge in [0.15, 0.2) is 0 Å². The molecule has 2 aromatic rings. The van der Waals surface area contributed by atoms with Crippen LogP contribution in [0.2, 0.25) is 0 Å². The van der Waals surface area contributed by atoms with Gasteiger partial charge in [0.1, 0.15) is 13.2 Å². The SMILES string of the molecule is O=C(/C=C/c1ccccc1)OC(=O)CCCCC(=O)OCCOC(=O)CCCCC(=O)OC(=O)/C=C/c1ccccc1. The van der Waals surface area contributed by atoms with Crippen LogP contribution >= 0.6 is 0 Å². The molecule has 0 N–H and O–H groups in total. The third kappa shape index (κ3) is 16.3. The minimum atomic E-state index is -0.764. The predicted octanol–water partition coefficient (Wildman–Crippen LogP) is 4.76. The molecule has 10 heteroatoms. The van der Waals surface area contributed by atoms with Gasteiger partial charge in [-0.15, -0.1) is 0 Å². The molecule has 0 heterocycles. The van der Waals surface area contributed by atoms with Gasteiger partial charge in [0.2, 0.25) is 0 Å². The summed E-state index contributed by atoms with van der Waals surface area (Å²) in [6, 6.07) is 18.2. The highest BCUT2D eigenvalue weighted by molar-refractivity contribution is 5.95. The first kappa shape index (κ1) is 33.3. The molecule has 0 saturated heterocycles. The number of carbonyl (C=O) groups is 6. The average Bonchev–Trinajstić information content (AvgIpc) is 2.98. The lowest BCUT2D eigenvalue weighted by atomic mass is 10.2. The minimum absolute atomic E-state index is 0.0187. The lowest BCUT2D eigenvalue weighted by molar-refractivity contribution is -0.158. The van der Waals surface area contributed by atoms with Gasteiger partial charge in [0.25, 0.3) is 0 Å². The van der Waals surface area contributed by atoms with Crippen molar-refractivity contribution in [2.75, 3.05) is 13.2 Å². The molecule has 0 saturated carbocycles. The standard InChI is InChI=1S/C32H34O10/c33-27(15-7-9-17-29(35)41-31(37)21-19-25-11-3-1-4-12-25)39-23-24-40-28(34)16-8-10-18-30(36)42-32(38)22-20-26-13-5-2-6-14-26/h1-6,11-14,19-22H,7-10,15-18,23-24H2/b21-19+,22-20+. The molecule has 0 aliphatic carbocycles. The maximum atomic E-state index is 11.8. The quantitative estimate of drug-likeness (QED) is 0.0848. The van der Waals surface area contributed by atoms with E-state index >= 15 is 0 Å². The van der Waals surface area contributed by atoms with Crippen LogP contribution in [0.4, 0.5) is 0 Å². The van der Waals surface area contributed by atoms with Crippen molar-refractivity contribution in [3.8, 4) is 0 Å². The molecule has 2 rings (SSSR count). The Bertz CT molecular complexity index is 1130. The summed E-state index contributed by atoms with van der Waals surface area (Å²) in [5.41, 5.74) is 1.60. The Kier molecular flexibility index (Phi) is 15.9. The number of hydrogen-bond acceptors (Lipinski definition) is 10. The molecule has 42 heavy (non-hydrogen) atoms. The zero-order valence-corrected chi connectivity index (χ0v) is 23.2. The molecule has 0 fully saturated rings. The first-order valence-corrected chi connectivity index (χ1v) is 13.6. The van der Waals surface area contributed by atoms with E-state index in [1.165, 1.54) is 12.2 Å². The van der Waals surface area contributed by atoms with Crippen LogP contribution in [0.25, 0.3) is 12.2 Å². The van der Waals surface area contributed by atoms with Crippen LogP contribution in [-0.4, -0.2) is 49.0 Å².